The van der Waals surface area contributed by atoms with E-state index in [4.69, 9.17) is 0 Å². The van der Waals surface area contributed by atoms with E-state index in [0.717, 1.165) is 30.5 Å². The number of hydrogen-bond acceptors (Lipinski definition) is 4. The van der Waals surface area contributed by atoms with Crippen molar-refractivity contribution in [1.82, 2.24) is 14.5 Å². The lowest BCUT2D eigenvalue weighted by Gasteiger charge is -2.23. The molecule has 1 aromatic rings. The lowest BCUT2D eigenvalue weighted by molar-refractivity contribution is -0.128. The maximum Gasteiger partial charge on any atom is 0.243 e. The van der Waals surface area contributed by atoms with Crippen LogP contribution in [0.4, 0.5) is 0 Å². The summed E-state index contributed by atoms with van der Waals surface area (Å²) in [5.41, 5.74) is 2.18. The van der Waals surface area contributed by atoms with Crippen molar-refractivity contribution in [3.05, 3.63) is 29.3 Å². The summed E-state index contributed by atoms with van der Waals surface area (Å²) >= 11 is 0. The topological polar surface area (TPSA) is 69.7 Å². The highest BCUT2D eigenvalue weighted by atomic mass is 35.5. The highest BCUT2D eigenvalue weighted by Gasteiger charge is 2.30. The quantitative estimate of drug-likeness (QED) is 0.841. The van der Waals surface area contributed by atoms with Crippen LogP contribution in [0, 0.1) is 0 Å². The Kier molecular flexibility index (Phi) is 6.48. The van der Waals surface area contributed by atoms with Crippen LogP contribution in [-0.2, 0) is 27.7 Å². The summed E-state index contributed by atoms with van der Waals surface area (Å²) in [6, 6.07) is 5.43. The van der Waals surface area contributed by atoms with Crippen LogP contribution < -0.4 is 5.32 Å². The summed E-state index contributed by atoms with van der Waals surface area (Å²) in [5.74, 6) is 0.0733. The van der Waals surface area contributed by atoms with E-state index in [1.54, 1.807) is 26.1 Å². The first kappa shape index (κ1) is 20.2. The zero-order valence-electron chi connectivity index (χ0n) is 14.7. The van der Waals surface area contributed by atoms with Crippen LogP contribution in [0.5, 0.6) is 0 Å². The van der Waals surface area contributed by atoms with Crippen LogP contribution in [0.3, 0.4) is 0 Å². The minimum absolute atomic E-state index is 0. The first-order valence-electron chi connectivity index (χ1n) is 8.45. The van der Waals surface area contributed by atoms with Crippen molar-refractivity contribution in [2.24, 2.45) is 0 Å². The fraction of sp³-hybridized carbons (Fsp3) is 0.588. The highest BCUT2D eigenvalue weighted by Crippen LogP contribution is 2.24. The normalized spacial score (nSPS) is 20.8. The summed E-state index contributed by atoms with van der Waals surface area (Å²) in [7, 11) is -1.82. The Morgan fingerprint density at radius 1 is 1.24 bits per heavy atom. The molecular weight excluding hydrogens is 362 g/mol. The van der Waals surface area contributed by atoms with Gasteiger partial charge in [-0.3, -0.25) is 4.79 Å². The molecule has 0 bridgehead atoms. The number of amides is 1. The van der Waals surface area contributed by atoms with Crippen LogP contribution in [0.15, 0.2) is 23.1 Å². The second-order valence-electron chi connectivity index (χ2n) is 6.60. The van der Waals surface area contributed by atoms with Gasteiger partial charge in [-0.25, -0.2) is 8.42 Å². The average Bonchev–Trinajstić information content (AvgIpc) is 3.00. The monoisotopic (exact) mass is 387 g/mol. The lowest BCUT2D eigenvalue weighted by Crippen LogP contribution is -2.38. The van der Waals surface area contributed by atoms with Crippen molar-refractivity contribution >= 4 is 28.3 Å². The van der Waals surface area contributed by atoms with Gasteiger partial charge in [0.2, 0.25) is 15.9 Å². The third-order valence-corrected chi connectivity index (χ3v) is 7.06. The maximum absolute atomic E-state index is 12.9. The van der Waals surface area contributed by atoms with E-state index >= 15 is 0 Å². The van der Waals surface area contributed by atoms with Gasteiger partial charge < -0.3 is 10.2 Å². The number of halogens is 1. The predicted octanol–water partition coefficient (Wildman–Crippen LogP) is 1.04. The van der Waals surface area contributed by atoms with E-state index in [9.17, 15) is 13.2 Å². The number of nitrogens with zero attached hydrogens (tertiary/aromatic N) is 2. The van der Waals surface area contributed by atoms with Crippen molar-refractivity contribution in [2.45, 2.75) is 37.1 Å². The van der Waals surface area contributed by atoms with Gasteiger partial charge in [0.1, 0.15) is 0 Å². The van der Waals surface area contributed by atoms with Gasteiger partial charge in [-0.05, 0) is 49.1 Å². The van der Waals surface area contributed by atoms with Gasteiger partial charge >= 0.3 is 0 Å². The fourth-order valence-electron chi connectivity index (χ4n) is 3.49. The van der Waals surface area contributed by atoms with Crippen molar-refractivity contribution in [1.29, 1.82) is 0 Å². The van der Waals surface area contributed by atoms with Crippen molar-refractivity contribution in [3.63, 3.8) is 0 Å². The van der Waals surface area contributed by atoms with E-state index in [1.165, 1.54) is 4.31 Å². The Hall–Kier alpha value is -1.15. The largest absolute Gasteiger partial charge is 0.342 e. The van der Waals surface area contributed by atoms with Gasteiger partial charge in [0.25, 0.3) is 0 Å². The molecule has 1 N–H and O–H groups in total. The average molecular weight is 388 g/mol. The SMILES string of the molecule is CC(=O)N1CCc2ccc(S(=O)(=O)N(C)C3CCNC3)cc2CC1.Cl. The number of benzene rings is 1. The standard InChI is InChI=1S/C17H25N3O3S.ClH/c1-13(21)20-9-6-14-3-4-17(11-15(14)7-10-20)24(22,23)19(2)16-5-8-18-12-16;/h3-4,11,16,18H,5-10,12H2,1-2H3;1H. The second kappa shape index (κ2) is 8.03. The number of sulfonamides is 1. The Bertz CT molecular complexity index is 733. The van der Waals surface area contributed by atoms with Crippen LogP contribution in [0.1, 0.15) is 24.5 Å². The number of likely N-dealkylation sites (N-methyl/N-ethyl adjacent to an activating group) is 1. The van der Waals surface area contributed by atoms with Gasteiger partial charge in [-0.1, -0.05) is 6.07 Å². The van der Waals surface area contributed by atoms with Gasteiger partial charge in [0, 0.05) is 39.6 Å². The van der Waals surface area contributed by atoms with E-state index in [0.29, 0.717) is 31.0 Å². The third kappa shape index (κ3) is 4.16. The minimum Gasteiger partial charge on any atom is -0.342 e. The predicted molar refractivity (Wildman–Crippen MR) is 99.6 cm³/mol. The van der Waals surface area contributed by atoms with Crippen molar-refractivity contribution in [2.75, 3.05) is 33.2 Å². The molecule has 140 valence electrons. The van der Waals surface area contributed by atoms with E-state index < -0.39 is 10.0 Å². The summed E-state index contributed by atoms with van der Waals surface area (Å²) in [5, 5.41) is 3.21. The molecule has 0 radical (unpaired) electrons. The number of rotatable bonds is 3. The van der Waals surface area contributed by atoms with Gasteiger partial charge in [0.15, 0.2) is 0 Å². The van der Waals surface area contributed by atoms with Crippen LogP contribution >= 0.6 is 12.4 Å². The first-order valence-corrected chi connectivity index (χ1v) is 9.89. The molecule has 3 rings (SSSR count). The summed E-state index contributed by atoms with van der Waals surface area (Å²) in [6.07, 6.45) is 2.32. The summed E-state index contributed by atoms with van der Waals surface area (Å²) < 4.78 is 27.3. The van der Waals surface area contributed by atoms with Crippen LogP contribution in [0.2, 0.25) is 0 Å². The fourth-order valence-corrected chi connectivity index (χ4v) is 4.93. The molecule has 1 atom stereocenters. The summed E-state index contributed by atoms with van der Waals surface area (Å²) in [6.45, 7) is 4.48. The molecule has 8 heteroatoms. The molecule has 2 aliphatic rings. The molecule has 0 aromatic heterocycles. The van der Waals surface area contributed by atoms with E-state index in [-0.39, 0.29) is 24.4 Å². The van der Waals surface area contributed by atoms with Gasteiger partial charge in [-0.15, -0.1) is 12.4 Å². The van der Waals surface area contributed by atoms with Crippen LogP contribution in [0.25, 0.3) is 0 Å². The maximum atomic E-state index is 12.9. The molecule has 1 saturated heterocycles. The van der Waals surface area contributed by atoms with E-state index in [1.807, 2.05) is 11.0 Å². The molecule has 2 aliphatic heterocycles. The molecule has 2 heterocycles. The Morgan fingerprint density at radius 3 is 2.52 bits per heavy atom. The Morgan fingerprint density at radius 2 is 1.92 bits per heavy atom. The van der Waals surface area contributed by atoms with Gasteiger partial charge in [-0.2, -0.15) is 4.31 Å². The highest BCUT2D eigenvalue weighted by molar-refractivity contribution is 7.89. The zero-order chi connectivity index (χ0) is 17.3. The number of fused-ring (bicyclic) bond motifs is 1. The number of carbonyl (C=O) groups is 1. The Balaban J connectivity index is 0.00000225. The molecule has 25 heavy (non-hydrogen) atoms. The minimum atomic E-state index is -3.48. The molecule has 0 spiro atoms. The Labute approximate surface area is 156 Å². The van der Waals surface area contributed by atoms with Crippen molar-refractivity contribution < 1.29 is 13.2 Å². The molecule has 0 saturated carbocycles. The molecule has 1 aromatic carbocycles. The number of nitrogens with one attached hydrogen (secondary N) is 1. The number of hydrogen-bond donors (Lipinski definition) is 1. The molecule has 6 nitrogen and oxygen atoms in total. The number of carbonyl (C=O) groups excluding carboxylic acids is 1. The smallest absolute Gasteiger partial charge is 0.243 e. The third-order valence-electron chi connectivity index (χ3n) is 5.15. The molecule has 1 unspecified atom stereocenters. The first-order chi connectivity index (χ1) is 11.4. The molecule has 1 fully saturated rings. The van der Waals surface area contributed by atoms with Gasteiger partial charge in [0.05, 0.1) is 4.90 Å². The lowest BCUT2D eigenvalue weighted by atomic mass is 10.0. The van der Waals surface area contributed by atoms with Crippen LogP contribution in [-0.4, -0.2) is 62.8 Å². The van der Waals surface area contributed by atoms with Crippen molar-refractivity contribution in [3.8, 4) is 0 Å². The second-order valence-corrected chi connectivity index (χ2v) is 8.60. The molecule has 0 aliphatic carbocycles. The summed E-state index contributed by atoms with van der Waals surface area (Å²) in [4.78, 5) is 13.8. The molecular formula is C17H26ClN3O3S. The van der Waals surface area contributed by atoms with E-state index in [2.05, 4.69) is 5.32 Å². The molecule has 1 amide bonds. The zero-order valence-corrected chi connectivity index (χ0v) is 16.3.